The molecule has 0 saturated heterocycles. The molecular formula is C16H20N2O. The molecule has 1 unspecified atom stereocenters. The minimum Gasteiger partial charge on any atom is -0.497 e. The first-order valence-corrected chi connectivity index (χ1v) is 6.33. The van der Waals surface area contributed by atoms with Crippen molar-refractivity contribution in [3.05, 3.63) is 64.7 Å². The van der Waals surface area contributed by atoms with Gasteiger partial charge in [-0.3, -0.25) is 5.84 Å². The van der Waals surface area contributed by atoms with Crippen LogP contribution < -0.4 is 16.0 Å². The lowest BCUT2D eigenvalue weighted by Gasteiger charge is -2.20. The number of methoxy groups -OCH3 is 1. The Hall–Kier alpha value is -1.84. The highest BCUT2D eigenvalue weighted by atomic mass is 16.5. The topological polar surface area (TPSA) is 47.3 Å². The van der Waals surface area contributed by atoms with Crippen LogP contribution in [0.15, 0.2) is 42.5 Å². The molecule has 0 aliphatic carbocycles. The van der Waals surface area contributed by atoms with E-state index in [-0.39, 0.29) is 6.04 Å². The van der Waals surface area contributed by atoms with Crippen molar-refractivity contribution in [2.24, 2.45) is 5.84 Å². The molecule has 3 nitrogen and oxygen atoms in total. The fourth-order valence-electron chi connectivity index (χ4n) is 2.23. The van der Waals surface area contributed by atoms with Crippen molar-refractivity contribution in [2.45, 2.75) is 19.9 Å². The third-order valence-electron chi connectivity index (χ3n) is 3.36. The Bertz CT molecular complexity index is 549. The maximum atomic E-state index is 5.75. The molecule has 0 spiro atoms. The molecule has 2 aromatic carbocycles. The molecule has 0 amide bonds. The lowest BCUT2D eigenvalue weighted by atomic mass is 9.94. The summed E-state index contributed by atoms with van der Waals surface area (Å²) in [4.78, 5) is 0. The molecule has 19 heavy (non-hydrogen) atoms. The molecule has 0 aliphatic heterocycles. The summed E-state index contributed by atoms with van der Waals surface area (Å²) in [6.45, 7) is 4.19. The Labute approximate surface area is 114 Å². The molecule has 0 fully saturated rings. The van der Waals surface area contributed by atoms with Crippen LogP contribution in [0.5, 0.6) is 5.75 Å². The summed E-state index contributed by atoms with van der Waals surface area (Å²) < 4.78 is 5.18. The standard InChI is InChI=1S/C16H20N2O/c1-11-4-5-12(2)15(10-11)16(18-17)13-6-8-14(19-3)9-7-13/h4-10,16,18H,17H2,1-3H3. The van der Waals surface area contributed by atoms with Gasteiger partial charge in [-0.05, 0) is 42.7 Å². The van der Waals surface area contributed by atoms with E-state index < -0.39 is 0 Å². The minimum atomic E-state index is -0.00851. The number of hydrazine groups is 1. The predicted molar refractivity (Wildman–Crippen MR) is 78.1 cm³/mol. The van der Waals surface area contributed by atoms with E-state index in [9.17, 15) is 0 Å². The normalized spacial score (nSPS) is 12.2. The number of nitrogens with one attached hydrogen (secondary N) is 1. The van der Waals surface area contributed by atoms with Gasteiger partial charge in [0.05, 0.1) is 13.2 Å². The maximum Gasteiger partial charge on any atom is 0.118 e. The highest BCUT2D eigenvalue weighted by molar-refractivity contribution is 5.40. The van der Waals surface area contributed by atoms with Crippen molar-refractivity contribution >= 4 is 0 Å². The van der Waals surface area contributed by atoms with E-state index in [1.54, 1.807) is 7.11 Å². The summed E-state index contributed by atoms with van der Waals surface area (Å²) in [5.41, 5.74) is 7.68. The smallest absolute Gasteiger partial charge is 0.118 e. The van der Waals surface area contributed by atoms with Gasteiger partial charge in [-0.15, -0.1) is 0 Å². The fraction of sp³-hybridized carbons (Fsp3) is 0.250. The van der Waals surface area contributed by atoms with Crippen LogP contribution in [0.4, 0.5) is 0 Å². The number of aryl methyl sites for hydroxylation is 2. The average Bonchev–Trinajstić information content (AvgIpc) is 2.44. The summed E-state index contributed by atoms with van der Waals surface area (Å²) in [5.74, 6) is 6.59. The van der Waals surface area contributed by atoms with Crippen LogP contribution in [-0.2, 0) is 0 Å². The molecule has 0 bridgehead atoms. The van der Waals surface area contributed by atoms with Crippen molar-refractivity contribution in [1.29, 1.82) is 0 Å². The van der Waals surface area contributed by atoms with Gasteiger partial charge in [0, 0.05) is 0 Å². The van der Waals surface area contributed by atoms with E-state index in [0.717, 1.165) is 11.3 Å². The zero-order valence-corrected chi connectivity index (χ0v) is 11.6. The number of hydrogen-bond acceptors (Lipinski definition) is 3. The monoisotopic (exact) mass is 256 g/mol. The maximum absolute atomic E-state index is 5.75. The van der Waals surface area contributed by atoms with E-state index >= 15 is 0 Å². The van der Waals surface area contributed by atoms with Crippen LogP contribution >= 0.6 is 0 Å². The van der Waals surface area contributed by atoms with E-state index in [1.807, 2.05) is 24.3 Å². The molecule has 100 valence electrons. The van der Waals surface area contributed by atoms with Crippen LogP contribution in [0.3, 0.4) is 0 Å². The molecular weight excluding hydrogens is 236 g/mol. The summed E-state index contributed by atoms with van der Waals surface area (Å²) in [6.07, 6.45) is 0. The summed E-state index contributed by atoms with van der Waals surface area (Å²) in [5, 5.41) is 0. The molecule has 2 rings (SSSR count). The van der Waals surface area contributed by atoms with Gasteiger partial charge in [0.15, 0.2) is 0 Å². The third-order valence-corrected chi connectivity index (χ3v) is 3.36. The lowest BCUT2D eigenvalue weighted by molar-refractivity contribution is 0.414. The van der Waals surface area contributed by atoms with Gasteiger partial charge < -0.3 is 4.74 Å². The van der Waals surface area contributed by atoms with E-state index in [0.29, 0.717) is 0 Å². The summed E-state index contributed by atoms with van der Waals surface area (Å²) in [6, 6.07) is 14.4. The molecule has 0 aliphatic rings. The van der Waals surface area contributed by atoms with Gasteiger partial charge in [0.2, 0.25) is 0 Å². The highest BCUT2D eigenvalue weighted by Gasteiger charge is 2.14. The Morgan fingerprint density at radius 1 is 1.05 bits per heavy atom. The van der Waals surface area contributed by atoms with Crippen molar-refractivity contribution in [1.82, 2.24) is 5.43 Å². The van der Waals surface area contributed by atoms with Crippen LogP contribution in [-0.4, -0.2) is 7.11 Å². The number of hydrogen-bond donors (Lipinski definition) is 2. The second-order valence-corrected chi connectivity index (χ2v) is 4.73. The Kier molecular flexibility index (Phi) is 4.20. The van der Waals surface area contributed by atoms with Crippen LogP contribution in [0.2, 0.25) is 0 Å². The van der Waals surface area contributed by atoms with E-state index in [2.05, 4.69) is 37.5 Å². The van der Waals surface area contributed by atoms with Gasteiger partial charge >= 0.3 is 0 Å². The first-order chi connectivity index (χ1) is 9.15. The van der Waals surface area contributed by atoms with Crippen LogP contribution in [0.25, 0.3) is 0 Å². The highest BCUT2D eigenvalue weighted by Crippen LogP contribution is 2.26. The van der Waals surface area contributed by atoms with Gasteiger partial charge in [0.1, 0.15) is 5.75 Å². The zero-order chi connectivity index (χ0) is 13.8. The molecule has 2 aromatic rings. The summed E-state index contributed by atoms with van der Waals surface area (Å²) >= 11 is 0. The van der Waals surface area contributed by atoms with Crippen molar-refractivity contribution in [2.75, 3.05) is 7.11 Å². The average molecular weight is 256 g/mol. The Morgan fingerprint density at radius 2 is 1.74 bits per heavy atom. The first-order valence-electron chi connectivity index (χ1n) is 6.33. The quantitative estimate of drug-likeness (QED) is 0.653. The minimum absolute atomic E-state index is 0.00851. The Morgan fingerprint density at radius 3 is 2.32 bits per heavy atom. The van der Waals surface area contributed by atoms with Gasteiger partial charge in [-0.2, -0.15) is 0 Å². The molecule has 1 atom stereocenters. The third kappa shape index (κ3) is 2.95. The SMILES string of the molecule is COc1ccc(C(NN)c2cc(C)ccc2C)cc1. The van der Waals surface area contributed by atoms with Crippen LogP contribution in [0, 0.1) is 13.8 Å². The van der Waals surface area contributed by atoms with Gasteiger partial charge in [-0.1, -0.05) is 35.9 Å². The number of nitrogens with two attached hydrogens (primary N) is 1. The molecule has 0 heterocycles. The molecule has 3 N–H and O–H groups in total. The van der Waals surface area contributed by atoms with Gasteiger partial charge in [-0.25, -0.2) is 5.43 Å². The number of rotatable bonds is 4. The predicted octanol–water partition coefficient (Wildman–Crippen LogP) is 2.86. The second kappa shape index (κ2) is 5.87. The van der Waals surface area contributed by atoms with Crippen molar-refractivity contribution in [3.8, 4) is 5.75 Å². The molecule has 3 heteroatoms. The largest absolute Gasteiger partial charge is 0.497 e. The lowest BCUT2D eigenvalue weighted by Crippen LogP contribution is -2.29. The molecule has 0 saturated carbocycles. The number of ether oxygens (including phenoxy) is 1. The van der Waals surface area contributed by atoms with Crippen molar-refractivity contribution in [3.63, 3.8) is 0 Å². The number of benzene rings is 2. The van der Waals surface area contributed by atoms with Crippen LogP contribution in [0.1, 0.15) is 28.3 Å². The molecule has 0 radical (unpaired) electrons. The second-order valence-electron chi connectivity index (χ2n) is 4.73. The van der Waals surface area contributed by atoms with E-state index in [4.69, 9.17) is 10.6 Å². The van der Waals surface area contributed by atoms with Crippen molar-refractivity contribution < 1.29 is 4.74 Å². The van der Waals surface area contributed by atoms with Gasteiger partial charge in [0.25, 0.3) is 0 Å². The zero-order valence-electron chi connectivity index (χ0n) is 11.6. The fourth-order valence-corrected chi connectivity index (χ4v) is 2.23. The first kappa shape index (κ1) is 13.6. The summed E-state index contributed by atoms with van der Waals surface area (Å²) in [7, 11) is 1.67. The Balaban J connectivity index is 2.40. The molecule has 0 aromatic heterocycles. The van der Waals surface area contributed by atoms with E-state index in [1.165, 1.54) is 16.7 Å².